The fourth-order valence-electron chi connectivity index (χ4n) is 3.43. The first-order valence-electron chi connectivity index (χ1n) is 7.88. The minimum Gasteiger partial charge on any atom is -0.453 e. The van der Waals surface area contributed by atoms with E-state index >= 15 is 0 Å². The lowest BCUT2D eigenvalue weighted by molar-refractivity contribution is -0.123. The number of alkyl halides is 1. The zero-order valence-electron chi connectivity index (χ0n) is 12.9. The molecule has 2 aliphatic rings. The molecule has 0 spiro atoms. The van der Waals surface area contributed by atoms with Crippen molar-refractivity contribution >= 4 is 33.8 Å². The molecule has 4 heteroatoms. The van der Waals surface area contributed by atoms with Gasteiger partial charge in [0.1, 0.15) is 10.4 Å². The van der Waals surface area contributed by atoms with Gasteiger partial charge in [-0.25, -0.2) is 4.79 Å². The number of esters is 1. The Kier molecular flexibility index (Phi) is 3.65. The Morgan fingerprint density at radius 1 is 1.17 bits per heavy atom. The largest absolute Gasteiger partial charge is 0.453 e. The van der Waals surface area contributed by atoms with E-state index in [0.717, 1.165) is 16.7 Å². The van der Waals surface area contributed by atoms with Crippen LogP contribution in [0.4, 0.5) is 0 Å². The third-order valence-corrected chi connectivity index (χ3v) is 5.87. The van der Waals surface area contributed by atoms with Crippen molar-refractivity contribution in [2.24, 2.45) is 0 Å². The normalized spacial score (nSPS) is 24.2. The van der Waals surface area contributed by atoms with Crippen molar-refractivity contribution in [1.29, 1.82) is 0 Å². The predicted molar refractivity (Wildman–Crippen MR) is 94.9 cm³/mol. The quantitative estimate of drug-likeness (QED) is 0.576. The standard InChI is InChI=1S/C20H15BrO3/c21-20(11-5-7-13-6-1-4-10-16(13)20)18(22)12-17-14-8-2-3-9-15(14)19(23)24-17/h1-10,17H,11-12H2. The predicted octanol–water partition coefficient (Wildman–Crippen LogP) is 4.56. The summed E-state index contributed by atoms with van der Waals surface area (Å²) in [6.45, 7) is 0. The number of hydrogen-bond acceptors (Lipinski definition) is 3. The summed E-state index contributed by atoms with van der Waals surface area (Å²) in [5.74, 6) is -0.329. The molecule has 0 saturated heterocycles. The van der Waals surface area contributed by atoms with Gasteiger partial charge >= 0.3 is 5.97 Å². The van der Waals surface area contributed by atoms with Gasteiger partial charge in [0.2, 0.25) is 0 Å². The average molecular weight is 383 g/mol. The van der Waals surface area contributed by atoms with Crippen molar-refractivity contribution in [3.63, 3.8) is 0 Å². The molecule has 1 aliphatic heterocycles. The second-order valence-corrected chi connectivity index (χ2v) is 7.46. The molecule has 0 amide bonds. The van der Waals surface area contributed by atoms with Crippen LogP contribution in [0.1, 0.15) is 46.0 Å². The van der Waals surface area contributed by atoms with E-state index in [2.05, 4.69) is 15.9 Å². The van der Waals surface area contributed by atoms with Gasteiger partial charge in [0.05, 0.1) is 5.56 Å². The van der Waals surface area contributed by atoms with Gasteiger partial charge in [-0.2, -0.15) is 0 Å². The van der Waals surface area contributed by atoms with Crippen LogP contribution < -0.4 is 0 Å². The highest BCUT2D eigenvalue weighted by Gasteiger charge is 2.42. The van der Waals surface area contributed by atoms with E-state index in [4.69, 9.17) is 4.74 Å². The van der Waals surface area contributed by atoms with Gasteiger partial charge in [-0.15, -0.1) is 0 Å². The first-order valence-corrected chi connectivity index (χ1v) is 8.67. The molecule has 3 nitrogen and oxygen atoms in total. The lowest BCUT2D eigenvalue weighted by atomic mass is 9.82. The number of carbonyl (C=O) groups excluding carboxylic acids is 2. The monoisotopic (exact) mass is 382 g/mol. The number of allylic oxidation sites excluding steroid dienone is 1. The number of cyclic esters (lactones) is 1. The van der Waals surface area contributed by atoms with Crippen LogP contribution in [0.15, 0.2) is 54.6 Å². The first-order chi connectivity index (χ1) is 11.6. The van der Waals surface area contributed by atoms with Gasteiger partial charge in [-0.05, 0) is 23.6 Å². The first kappa shape index (κ1) is 15.3. The maximum atomic E-state index is 13.1. The summed E-state index contributed by atoms with van der Waals surface area (Å²) in [7, 11) is 0. The Hall–Kier alpha value is -2.20. The molecule has 2 atom stereocenters. The zero-order chi connectivity index (χ0) is 16.7. The van der Waals surface area contributed by atoms with Gasteiger partial charge < -0.3 is 4.74 Å². The Labute approximate surface area is 148 Å². The molecular formula is C20H15BrO3. The van der Waals surface area contributed by atoms with E-state index in [1.165, 1.54) is 0 Å². The average Bonchev–Trinajstić information content (AvgIpc) is 2.92. The van der Waals surface area contributed by atoms with Crippen LogP contribution in [0.3, 0.4) is 0 Å². The maximum absolute atomic E-state index is 13.1. The SMILES string of the molecule is O=C1OC(CC(=O)C2(Br)CC=Cc3ccccc32)c2ccccc21. The third-order valence-electron chi connectivity index (χ3n) is 4.67. The molecule has 1 aliphatic carbocycles. The van der Waals surface area contributed by atoms with Crippen LogP contribution in [0.25, 0.3) is 6.08 Å². The number of rotatable bonds is 3. The number of halogens is 1. The highest BCUT2D eigenvalue weighted by Crippen LogP contribution is 2.45. The topological polar surface area (TPSA) is 43.4 Å². The van der Waals surface area contributed by atoms with Crippen molar-refractivity contribution in [1.82, 2.24) is 0 Å². The van der Waals surface area contributed by atoms with E-state index in [1.807, 2.05) is 48.6 Å². The molecule has 2 aromatic carbocycles. The lowest BCUT2D eigenvalue weighted by Gasteiger charge is -2.30. The second-order valence-electron chi connectivity index (χ2n) is 6.10. The fraction of sp³-hybridized carbons (Fsp3) is 0.200. The van der Waals surface area contributed by atoms with Crippen molar-refractivity contribution in [3.8, 4) is 0 Å². The molecule has 0 fully saturated rings. The number of ether oxygens (including phenoxy) is 1. The van der Waals surface area contributed by atoms with Crippen molar-refractivity contribution in [2.75, 3.05) is 0 Å². The second kappa shape index (κ2) is 5.71. The van der Waals surface area contributed by atoms with Crippen LogP contribution in [-0.2, 0) is 13.9 Å². The molecule has 0 radical (unpaired) electrons. The summed E-state index contributed by atoms with van der Waals surface area (Å²) in [6, 6.07) is 15.1. The number of benzene rings is 2. The van der Waals surface area contributed by atoms with Crippen LogP contribution >= 0.6 is 15.9 Å². The van der Waals surface area contributed by atoms with Crippen LogP contribution in [0.2, 0.25) is 0 Å². The molecule has 24 heavy (non-hydrogen) atoms. The minimum absolute atomic E-state index is 0.0220. The highest BCUT2D eigenvalue weighted by molar-refractivity contribution is 9.10. The molecule has 2 unspecified atom stereocenters. The van der Waals surface area contributed by atoms with Gasteiger partial charge in [0.25, 0.3) is 0 Å². The summed E-state index contributed by atoms with van der Waals surface area (Å²) in [6.07, 6.45) is 4.28. The highest BCUT2D eigenvalue weighted by atomic mass is 79.9. The summed E-state index contributed by atoms with van der Waals surface area (Å²) in [4.78, 5) is 25.0. The Bertz CT molecular complexity index is 871. The molecule has 2 aromatic rings. The molecular weight excluding hydrogens is 368 g/mol. The number of fused-ring (bicyclic) bond motifs is 2. The third kappa shape index (κ3) is 2.33. The zero-order valence-corrected chi connectivity index (χ0v) is 14.5. The Morgan fingerprint density at radius 2 is 1.92 bits per heavy atom. The molecule has 0 N–H and O–H groups in total. The van der Waals surface area contributed by atoms with Crippen LogP contribution in [0, 0.1) is 0 Å². The summed E-state index contributed by atoms with van der Waals surface area (Å²) in [5.41, 5.74) is 3.36. The fourth-order valence-corrected chi connectivity index (χ4v) is 4.14. The molecule has 0 saturated carbocycles. The lowest BCUT2D eigenvalue weighted by Crippen LogP contribution is -2.32. The van der Waals surface area contributed by atoms with Gasteiger partial charge in [0, 0.05) is 12.0 Å². The summed E-state index contributed by atoms with van der Waals surface area (Å²) < 4.78 is 4.67. The smallest absolute Gasteiger partial charge is 0.339 e. The van der Waals surface area contributed by atoms with E-state index < -0.39 is 10.4 Å². The van der Waals surface area contributed by atoms with Crippen molar-refractivity contribution < 1.29 is 14.3 Å². The van der Waals surface area contributed by atoms with E-state index in [0.29, 0.717) is 12.0 Å². The number of Topliss-reactive ketones (excluding diaryl/α,β-unsaturated/α-hetero) is 1. The van der Waals surface area contributed by atoms with E-state index in [-0.39, 0.29) is 18.2 Å². The number of carbonyl (C=O) groups is 2. The Morgan fingerprint density at radius 3 is 2.79 bits per heavy atom. The van der Waals surface area contributed by atoms with E-state index in [1.54, 1.807) is 12.1 Å². The summed E-state index contributed by atoms with van der Waals surface area (Å²) in [5, 5.41) is 0. The maximum Gasteiger partial charge on any atom is 0.339 e. The molecule has 0 bridgehead atoms. The van der Waals surface area contributed by atoms with E-state index in [9.17, 15) is 9.59 Å². The molecule has 4 rings (SSSR count). The molecule has 0 aromatic heterocycles. The number of hydrogen-bond donors (Lipinski definition) is 0. The van der Waals surface area contributed by atoms with Gasteiger partial charge in [-0.1, -0.05) is 70.5 Å². The summed E-state index contributed by atoms with van der Waals surface area (Å²) >= 11 is 3.68. The Balaban J connectivity index is 1.64. The van der Waals surface area contributed by atoms with Crippen LogP contribution in [0.5, 0.6) is 0 Å². The minimum atomic E-state index is -0.762. The number of ketones is 1. The molecule has 1 heterocycles. The van der Waals surface area contributed by atoms with Gasteiger partial charge in [-0.3, -0.25) is 4.79 Å². The van der Waals surface area contributed by atoms with Crippen molar-refractivity contribution in [2.45, 2.75) is 23.3 Å². The van der Waals surface area contributed by atoms with Gasteiger partial charge in [0.15, 0.2) is 5.78 Å². The molecule has 120 valence electrons. The van der Waals surface area contributed by atoms with Crippen molar-refractivity contribution in [3.05, 3.63) is 76.9 Å². The van der Waals surface area contributed by atoms with Crippen LogP contribution in [-0.4, -0.2) is 11.8 Å².